The summed E-state index contributed by atoms with van der Waals surface area (Å²) in [5.74, 6) is 1.04. The summed E-state index contributed by atoms with van der Waals surface area (Å²) in [4.78, 5) is 7.59. The zero-order valence-electron chi connectivity index (χ0n) is 12.7. The van der Waals surface area contributed by atoms with Gasteiger partial charge < -0.3 is 10.3 Å². The van der Waals surface area contributed by atoms with Gasteiger partial charge in [0.1, 0.15) is 5.82 Å². The molecule has 0 aliphatic rings. The van der Waals surface area contributed by atoms with E-state index in [0.29, 0.717) is 6.04 Å². The van der Waals surface area contributed by atoms with Crippen molar-refractivity contribution in [3.63, 3.8) is 0 Å². The number of hydrogen-bond donors (Lipinski definition) is 2. The molecule has 0 aliphatic carbocycles. The maximum absolute atomic E-state index is 4.38. The van der Waals surface area contributed by atoms with Crippen molar-refractivity contribution in [1.29, 1.82) is 0 Å². The summed E-state index contributed by atoms with van der Waals surface area (Å²) in [6.45, 7) is 7.84. The molecule has 0 spiro atoms. The number of aromatic amines is 1. The number of nitrogens with zero attached hydrogens (tertiary/aromatic N) is 1. The van der Waals surface area contributed by atoms with E-state index >= 15 is 0 Å². The fraction of sp³-hybridized carbons (Fsp3) is 0.471. The van der Waals surface area contributed by atoms with Crippen LogP contribution in [0.15, 0.2) is 42.7 Å². The number of nitrogens with one attached hydrogen (secondary N) is 2. The second kappa shape index (κ2) is 6.71. The molecule has 108 valence electrons. The molecule has 3 heteroatoms. The molecule has 0 saturated heterocycles. The van der Waals surface area contributed by atoms with Crippen molar-refractivity contribution < 1.29 is 0 Å². The third-order valence-electron chi connectivity index (χ3n) is 3.98. The lowest BCUT2D eigenvalue weighted by atomic mass is 9.76. The van der Waals surface area contributed by atoms with Crippen LogP contribution < -0.4 is 5.32 Å². The van der Waals surface area contributed by atoms with Gasteiger partial charge in [0.05, 0.1) is 0 Å². The van der Waals surface area contributed by atoms with Crippen LogP contribution >= 0.6 is 0 Å². The van der Waals surface area contributed by atoms with Crippen molar-refractivity contribution in [2.24, 2.45) is 0 Å². The Balaban J connectivity index is 2.20. The summed E-state index contributed by atoms with van der Waals surface area (Å²) in [5.41, 5.74) is 1.42. The average molecular weight is 271 g/mol. The number of benzene rings is 1. The predicted octanol–water partition coefficient (Wildman–Crippen LogP) is 3.30. The smallest absolute Gasteiger partial charge is 0.107 e. The number of aromatic nitrogens is 2. The SMILES string of the molecule is CCCNC(Cc1ncc[nH]1)C(C)(C)c1ccccc1. The first-order valence-corrected chi connectivity index (χ1v) is 7.41. The molecular formula is C17H25N3. The van der Waals surface area contributed by atoms with E-state index in [1.165, 1.54) is 5.56 Å². The van der Waals surface area contributed by atoms with E-state index in [9.17, 15) is 0 Å². The van der Waals surface area contributed by atoms with Gasteiger partial charge in [0.25, 0.3) is 0 Å². The van der Waals surface area contributed by atoms with Gasteiger partial charge in [-0.3, -0.25) is 0 Å². The van der Waals surface area contributed by atoms with Gasteiger partial charge >= 0.3 is 0 Å². The minimum Gasteiger partial charge on any atom is -0.349 e. The standard InChI is InChI=1S/C17H25N3/c1-4-10-18-15(13-16-19-11-12-20-16)17(2,3)14-8-6-5-7-9-14/h5-9,11-12,15,18H,4,10,13H2,1-3H3,(H,19,20). The molecule has 0 aliphatic heterocycles. The third-order valence-corrected chi connectivity index (χ3v) is 3.98. The van der Waals surface area contributed by atoms with Gasteiger partial charge in [0.2, 0.25) is 0 Å². The van der Waals surface area contributed by atoms with Crippen molar-refractivity contribution in [2.75, 3.05) is 6.54 Å². The number of hydrogen-bond acceptors (Lipinski definition) is 2. The molecule has 2 N–H and O–H groups in total. The van der Waals surface area contributed by atoms with Crippen LogP contribution in [0.2, 0.25) is 0 Å². The summed E-state index contributed by atoms with van der Waals surface area (Å²) in [5, 5.41) is 3.69. The second-order valence-electron chi connectivity index (χ2n) is 5.83. The minimum absolute atomic E-state index is 0.0587. The molecular weight excluding hydrogens is 246 g/mol. The van der Waals surface area contributed by atoms with Crippen LogP contribution in [-0.2, 0) is 11.8 Å². The van der Waals surface area contributed by atoms with Gasteiger partial charge in [-0.1, -0.05) is 51.1 Å². The normalized spacial score (nSPS) is 13.3. The van der Waals surface area contributed by atoms with Crippen LogP contribution in [0.4, 0.5) is 0 Å². The molecule has 0 radical (unpaired) electrons. The minimum atomic E-state index is 0.0587. The summed E-state index contributed by atoms with van der Waals surface area (Å²) >= 11 is 0. The van der Waals surface area contributed by atoms with E-state index in [2.05, 4.69) is 66.4 Å². The van der Waals surface area contributed by atoms with E-state index in [-0.39, 0.29) is 5.41 Å². The predicted molar refractivity (Wildman–Crippen MR) is 83.8 cm³/mol. The molecule has 1 aromatic carbocycles. The van der Waals surface area contributed by atoms with E-state index in [0.717, 1.165) is 25.2 Å². The van der Waals surface area contributed by atoms with Crippen molar-refractivity contribution >= 4 is 0 Å². The zero-order chi connectivity index (χ0) is 14.4. The molecule has 20 heavy (non-hydrogen) atoms. The van der Waals surface area contributed by atoms with Crippen LogP contribution in [0.25, 0.3) is 0 Å². The van der Waals surface area contributed by atoms with Crippen LogP contribution in [0, 0.1) is 0 Å². The van der Waals surface area contributed by atoms with E-state index in [1.54, 1.807) is 0 Å². The second-order valence-corrected chi connectivity index (χ2v) is 5.83. The largest absolute Gasteiger partial charge is 0.349 e. The van der Waals surface area contributed by atoms with Crippen LogP contribution in [0.5, 0.6) is 0 Å². The quantitative estimate of drug-likeness (QED) is 0.811. The van der Waals surface area contributed by atoms with Crippen molar-refractivity contribution in [2.45, 2.75) is 45.1 Å². The fourth-order valence-electron chi connectivity index (χ4n) is 2.57. The molecule has 0 bridgehead atoms. The van der Waals surface area contributed by atoms with E-state index in [4.69, 9.17) is 0 Å². The highest BCUT2D eigenvalue weighted by Gasteiger charge is 2.31. The molecule has 1 aromatic heterocycles. The van der Waals surface area contributed by atoms with Crippen molar-refractivity contribution in [3.8, 4) is 0 Å². The first kappa shape index (κ1) is 14.8. The number of H-pyrrole nitrogens is 1. The summed E-state index contributed by atoms with van der Waals surface area (Å²) in [7, 11) is 0. The molecule has 0 fully saturated rings. The molecule has 1 heterocycles. The lowest BCUT2D eigenvalue weighted by Gasteiger charge is -2.35. The Morgan fingerprint density at radius 2 is 2.00 bits per heavy atom. The monoisotopic (exact) mass is 271 g/mol. The Morgan fingerprint density at radius 3 is 2.60 bits per heavy atom. The molecule has 1 atom stereocenters. The third kappa shape index (κ3) is 3.48. The number of rotatable bonds is 7. The Labute approximate surface area is 121 Å². The van der Waals surface area contributed by atoms with Crippen molar-refractivity contribution in [3.05, 3.63) is 54.1 Å². The number of imidazole rings is 1. The van der Waals surface area contributed by atoms with Gasteiger partial charge in [-0.25, -0.2) is 4.98 Å². The van der Waals surface area contributed by atoms with Crippen LogP contribution in [0.3, 0.4) is 0 Å². The van der Waals surface area contributed by atoms with Crippen LogP contribution in [-0.4, -0.2) is 22.6 Å². The Kier molecular flexibility index (Phi) is 4.96. The molecule has 3 nitrogen and oxygen atoms in total. The molecule has 2 aromatic rings. The van der Waals surface area contributed by atoms with E-state index < -0.39 is 0 Å². The molecule has 0 amide bonds. The first-order valence-electron chi connectivity index (χ1n) is 7.41. The highest BCUT2D eigenvalue weighted by Crippen LogP contribution is 2.28. The Bertz CT molecular complexity index is 488. The lowest BCUT2D eigenvalue weighted by molar-refractivity contribution is 0.334. The van der Waals surface area contributed by atoms with E-state index in [1.807, 2.05) is 12.4 Å². The average Bonchev–Trinajstić information content (AvgIpc) is 2.97. The van der Waals surface area contributed by atoms with Gasteiger partial charge in [-0.05, 0) is 18.5 Å². The van der Waals surface area contributed by atoms with Gasteiger partial charge in [0.15, 0.2) is 0 Å². The zero-order valence-corrected chi connectivity index (χ0v) is 12.7. The summed E-state index contributed by atoms with van der Waals surface area (Å²) in [6, 6.07) is 11.1. The van der Waals surface area contributed by atoms with Crippen LogP contribution in [0.1, 0.15) is 38.6 Å². The van der Waals surface area contributed by atoms with Gasteiger partial charge in [-0.15, -0.1) is 0 Å². The first-order chi connectivity index (χ1) is 9.64. The Morgan fingerprint density at radius 1 is 1.25 bits per heavy atom. The molecule has 2 rings (SSSR count). The maximum atomic E-state index is 4.38. The summed E-state index contributed by atoms with van der Waals surface area (Å²) in [6.07, 6.45) is 5.76. The maximum Gasteiger partial charge on any atom is 0.107 e. The van der Waals surface area contributed by atoms with Gasteiger partial charge in [-0.2, -0.15) is 0 Å². The summed E-state index contributed by atoms with van der Waals surface area (Å²) < 4.78 is 0. The highest BCUT2D eigenvalue weighted by molar-refractivity contribution is 5.26. The topological polar surface area (TPSA) is 40.7 Å². The van der Waals surface area contributed by atoms with Gasteiger partial charge in [0, 0.05) is 30.3 Å². The Hall–Kier alpha value is -1.61. The highest BCUT2D eigenvalue weighted by atomic mass is 15.0. The fourth-order valence-corrected chi connectivity index (χ4v) is 2.57. The van der Waals surface area contributed by atoms with Crippen molar-refractivity contribution in [1.82, 2.24) is 15.3 Å². The lowest BCUT2D eigenvalue weighted by Crippen LogP contribution is -2.46. The molecule has 1 unspecified atom stereocenters. The molecule has 0 saturated carbocycles.